The minimum absolute atomic E-state index is 0.524. The highest BCUT2D eigenvalue weighted by Gasteiger charge is 2.08. The number of aryl methyl sites for hydroxylation is 1. The van der Waals surface area contributed by atoms with Gasteiger partial charge in [-0.05, 0) is 25.6 Å². The largest absolute Gasteiger partial charge is 0.325 e. The Hall–Kier alpha value is -1.30. The molecule has 2 aromatic rings. The van der Waals surface area contributed by atoms with Crippen LogP contribution < -0.4 is 5.73 Å². The number of nitrogens with two attached hydrogens (primary N) is 1. The summed E-state index contributed by atoms with van der Waals surface area (Å²) < 4.78 is 0. The van der Waals surface area contributed by atoms with E-state index in [0.29, 0.717) is 6.54 Å². The molecule has 0 radical (unpaired) electrons. The van der Waals surface area contributed by atoms with E-state index in [1.54, 1.807) is 11.3 Å². The summed E-state index contributed by atoms with van der Waals surface area (Å²) in [7, 11) is 0. The molecule has 0 aliphatic carbocycles. The molecule has 0 amide bonds. The Kier molecular flexibility index (Phi) is 5.01. The van der Waals surface area contributed by atoms with Crippen molar-refractivity contribution in [2.75, 3.05) is 6.54 Å². The van der Waals surface area contributed by atoms with E-state index < -0.39 is 0 Å². The van der Waals surface area contributed by atoms with Crippen molar-refractivity contribution < 1.29 is 0 Å². The minimum Gasteiger partial charge on any atom is -0.325 e. The molecule has 2 N–H and O–H groups in total. The van der Waals surface area contributed by atoms with Crippen molar-refractivity contribution in [2.45, 2.75) is 33.5 Å². The summed E-state index contributed by atoms with van der Waals surface area (Å²) in [6, 6.07) is 6.15. The molecule has 102 valence electrons. The maximum absolute atomic E-state index is 5.59. The normalized spacial score (nSPS) is 11.2. The zero-order valence-electron chi connectivity index (χ0n) is 11.5. The van der Waals surface area contributed by atoms with Gasteiger partial charge in [-0.15, -0.1) is 11.3 Å². The van der Waals surface area contributed by atoms with Crippen LogP contribution in [0.2, 0.25) is 0 Å². The maximum atomic E-state index is 5.59. The molecule has 2 rings (SSSR count). The van der Waals surface area contributed by atoms with Gasteiger partial charge in [0.1, 0.15) is 5.01 Å². The molecular weight excluding hydrogens is 256 g/mol. The Morgan fingerprint density at radius 2 is 2.00 bits per heavy atom. The molecule has 0 aliphatic rings. The lowest BCUT2D eigenvalue weighted by Crippen LogP contribution is -2.23. The van der Waals surface area contributed by atoms with E-state index in [9.17, 15) is 0 Å². The van der Waals surface area contributed by atoms with E-state index in [0.717, 1.165) is 41.7 Å². The third-order valence-electron chi connectivity index (χ3n) is 2.94. The summed E-state index contributed by atoms with van der Waals surface area (Å²) in [5, 5.41) is 3.09. The molecule has 2 heterocycles. The van der Waals surface area contributed by atoms with Gasteiger partial charge in [0.2, 0.25) is 0 Å². The zero-order valence-corrected chi connectivity index (χ0v) is 12.3. The number of nitrogens with zero attached hydrogens (tertiary/aromatic N) is 3. The number of hydrogen-bond donors (Lipinski definition) is 1. The van der Waals surface area contributed by atoms with Gasteiger partial charge in [0.05, 0.1) is 11.4 Å². The fraction of sp³-hybridized carbons (Fsp3) is 0.429. The quantitative estimate of drug-likeness (QED) is 0.880. The first-order chi connectivity index (χ1) is 9.21. The van der Waals surface area contributed by atoms with Crippen LogP contribution in [0.4, 0.5) is 0 Å². The van der Waals surface area contributed by atoms with Gasteiger partial charge in [-0.25, -0.2) is 4.98 Å². The SMILES string of the molecule is CCN(Cc1cccc(C)n1)Cc1csc(CN)n1. The van der Waals surface area contributed by atoms with Gasteiger partial charge in [-0.2, -0.15) is 0 Å². The third kappa shape index (κ3) is 4.09. The molecule has 0 atom stereocenters. The van der Waals surface area contributed by atoms with Crippen LogP contribution in [0.3, 0.4) is 0 Å². The van der Waals surface area contributed by atoms with Crippen LogP contribution in [-0.4, -0.2) is 21.4 Å². The summed E-state index contributed by atoms with van der Waals surface area (Å²) in [4.78, 5) is 11.4. The molecule has 0 spiro atoms. The van der Waals surface area contributed by atoms with Crippen LogP contribution in [0, 0.1) is 6.92 Å². The number of rotatable bonds is 6. The van der Waals surface area contributed by atoms with E-state index in [-0.39, 0.29) is 0 Å². The number of thiazole rings is 1. The Morgan fingerprint density at radius 1 is 1.21 bits per heavy atom. The van der Waals surface area contributed by atoms with Crippen LogP contribution >= 0.6 is 11.3 Å². The molecule has 4 nitrogen and oxygen atoms in total. The molecule has 0 bridgehead atoms. The van der Waals surface area contributed by atoms with Crippen molar-refractivity contribution in [3.05, 3.63) is 45.7 Å². The summed E-state index contributed by atoms with van der Waals surface area (Å²) >= 11 is 1.63. The third-order valence-corrected chi connectivity index (χ3v) is 3.86. The lowest BCUT2D eigenvalue weighted by atomic mass is 10.3. The predicted molar refractivity (Wildman–Crippen MR) is 78.8 cm³/mol. The zero-order chi connectivity index (χ0) is 13.7. The molecule has 19 heavy (non-hydrogen) atoms. The Balaban J connectivity index is 2.00. The summed E-state index contributed by atoms with van der Waals surface area (Å²) in [5.41, 5.74) is 8.86. The van der Waals surface area contributed by atoms with Crippen molar-refractivity contribution in [3.8, 4) is 0 Å². The second kappa shape index (κ2) is 6.75. The number of aromatic nitrogens is 2. The second-order valence-electron chi connectivity index (χ2n) is 4.51. The van der Waals surface area contributed by atoms with E-state index >= 15 is 0 Å². The number of pyridine rings is 1. The van der Waals surface area contributed by atoms with Gasteiger partial charge in [0.15, 0.2) is 0 Å². The summed E-state index contributed by atoms with van der Waals surface area (Å²) in [5.74, 6) is 0. The summed E-state index contributed by atoms with van der Waals surface area (Å²) in [6.45, 7) is 7.39. The van der Waals surface area contributed by atoms with Gasteiger partial charge in [0.25, 0.3) is 0 Å². The summed E-state index contributed by atoms with van der Waals surface area (Å²) in [6.07, 6.45) is 0. The van der Waals surface area contributed by atoms with E-state index in [4.69, 9.17) is 5.73 Å². The van der Waals surface area contributed by atoms with Crippen LogP contribution in [0.15, 0.2) is 23.6 Å². The molecule has 0 saturated carbocycles. The van der Waals surface area contributed by atoms with E-state index in [1.165, 1.54) is 0 Å². The second-order valence-corrected chi connectivity index (χ2v) is 5.45. The standard InChI is InChI=1S/C14H20N4S/c1-3-18(8-12-6-4-5-11(2)16-12)9-13-10-19-14(7-15)17-13/h4-6,10H,3,7-9,15H2,1-2H3. The van der Waals surface area contributed by atoms with Crippen molar-refractivity contribution in [3.63, 3.8) is 0 Å². The van der Waals surface area contributed by atoms with Crippen molar-refractivity contribution in [2.24, 2.45) is 5.73 Å². The smallest absolute Gasteiger partial charge is 0.106 e. The Morgan fingerprint density at radius 3 is 2.63 bits per heavy atom. The van der Waals surface area contributed by atoms with Crippen molar-refractivity contribution in [1.82, 2.24) is 14.9 Å². The molecule has 0 fully saturated rings. The van der Waals surface area contributed by atoms with Crippen LogP contribution in [0.1, 0.15) is 29.0 Å². The molecular formula is C14H20N4S. The molecule has 2 aromatic heterocycles. The Bertz CT molecular complexity index is 524. The number of hydrogen-bond acceptors (Lipinski definition) is 5. The van der Waals surface area contributed by atoms with E-state index in [1.807, 2.05) is 13.0 Å². The molecule has 0 saturated heterocycles. The van der Waals surface area contributed by atoms with Gasteiger partial charge >= 0.3 is 0 Å². The van der Waals surface area contributed by atoms with Crippen LogP contribution in [0.25, 0.3) is 0 Å². The lowest BCUT2D eigenvalue weighted by molar-refractivity contribution is 0.265. The fourth-order valence-corrected chi connectivity index (χ4v) is 2.61. The Labute approximate surface area is 118 Å². The van der Waals surface area contributed by atoms with Crippen molar-refractivity contribution in [1.29, 1.82) is 0 Å². The minimum atomic E-state index is 0.524. The predicted octanol–water partition coefficient (Wildman–Crippen LogP) is 2.33. The lowest BCUT2D eigenvalue weighted by Gasteiger charge is -2.18. The average molecular weight is 276 g/mol. The average Bonchev–Trinajstić information content (AvgIpc) is 2.85. The first-order valence-corrected chi connectivity index (χ1v) is 7.37. The van der Waals surface area contributed by atoms with Gasteiger partial charge in [-0.3, -0.25) is 9.88 Å². The highest BCUT2D eigenvalue weighted by atomic mass is 32.1. The van der Waals surface area contributed by atoms with E-state index in [2.05, 4.69) is 39.3 Å². The molecule has 0 aromatic carbocycles. The fourth-order valence-electron chi connectivity index (χ4n) is 1.94. The first kappa shape index (κ1) is 14.1. The monoisotopic (exact) mass is 276 g/mol. The van der Waals surface area contributed by atoms with Crippen molar-refractivity contribution >= 4 is 11.3 Å². The highest BCUT2D eigenvalue weighted by Crippen LogP contribution is 2.12. The maximum Gasteiger partial charge on any atom is 0.106 e. The van der Waals surface area contributed by atoms with Gasteiger partial charge in [0, 0.05) is 30.7 Å². The molecule has 0 unspecified atom stereocenters. The molecule has 0 aliphatic heterocycles. The van der Waals surface area contributed by atoms with Crippen LogP contribution in [-0.2, 0) is 19.6 Å². The van der Waals surface area contributed by atoms with Crippen LogP contribution in [0.5, 0.6) is 0 Å². The topological polar surface area (TPSA) is 55.0 Å². The van der Waals surface area contributed by atoms with Gasteiger partial charge < -0.3 is 5.73 Å². The highest BCUT2D eigenvalue weighted by molar-refractivity contribution is 7.09. The molecule has 5 heteroatoms. The van der Waals surface area contributed by atoms with Gasteiger partial charge in [-0.1, -0.05) is 13.0 Å². The first-order valence-electron chi connectivity index (χ1n) is 6.49.